The van der Waals surface area contributed by atoms with Gasteiger partial charge in [-0.2, -0.15) is 8.42 Å². The topological polar surface area (TPSA) is 60.4 Å². The van der Waals surface area contributed by atoms with Crippen LogP contribution in [0.25, 0.3) is 0 Å². The lowest BCUT2D eigenvalue weighted by molar-refractivity contribution is -0.124. The first-order chi connectivity index (χ1) is 6.74. The van der Waals surface area contributed by atoms with Gasteiger partial charge in [0.1, 0.15) is 5.78 Å². The molecule has 0 aromatic heterocycles. The minimum atomic E-state index is -3.45. The van der Waals surface area contributed by atoms with E-state index in [1.54, 1.807) is 0 Å². The number of carbonyl (C=O) groups excluding carboxylic acids is 1. The average molecular weight is 234 g/mol. The van der Waals surface area contributed by atoms with E-state index < -0.39 is 10.1 Å². The predicted molar refractivity (Wildman–Crippen MR) is 56.8 cm³/mol. The quantitative estimate of drug-likeness (QED) is 0.685. The summed E-state index contributed by atoms with van der Waals surface area (Å²) < 4.78 is 26.4. The summed E-state index contributed by atoms with van der Waals surface area (Å²) in [6, 6.07) is 0. The number of rotatable bonds is 3. The van der Waals surface area contributed by atoms with Gasteiger partial charge in [-0.3, -0.25) is 8.98 Å². The van der Waals surface area contributed by atoms with Gasteiger partial charge in [0.15, 0.2) is 0 Å². The first-order valence-electron chi connectivity index (χ1n) is 5.12. The van der Waals surface area contributed by atoms with E-state index in [1.807, 2.05) is 20.8 Å². The molecule has 1 aliphatic rings. The Labute approximate surface area is 91.1 Å². The summed E-state index contributed by atoms with van der Waals surface area (Å²) in [6.45, 7) is 5.88. The standard InChI is InChI=1S/C10H18O4S/c1-6-7(2)9(10(11)8(6)3)5-14-15(4,12)13/h6-9H,5H2,1-4H3. The van der Waals surface area contributed by atoms with Crippen LogP contribution in [0.4, 0.5) is 0 Å². The van der Waals surface area contributed by atoms with Crippen LogP contribution in [0, 0.1) is 23.7 Å². The van der Waals surface area contributed by atoms with Crippen molar-refractivity contribution in [3.8, 4) is 0 Å². The normalized spacial score (nSPS) is 37.2. The van der Waals surface area contributed by atoms with Crippen molar-refractivity contribution >= 4 is 15.9 Å². The van der Waals surface area contributed by atoms with Crippen molar-refractivity contribution < 1.29 is 17.4 Å². The molecule has 1 aliphatic carbocycles. The van der Waals surface area contributed by atoms with E-state index in [4.69, 9.17) is 4.18 Å². The molecule has 1 saturated carbocycles. The molecule has 4 unspecified atom stereocenters. The number of hydrogen-bond acceptors (Lipinski definition) is 4. The van der Waals surface area contributed by atoms with Crippen LogP contribution in [-0.2, 0) is 19.1 Å². The summed E-state index contributed by atoms with van der Waals surface area (Å²) in [5, 5.41) is 0. The van der Waals surface area contributed by atoms with Crippen LogP contribution in [0.2, 0.25) is 0 Å². The smallest absolute Gasteiger partial charge is 0.264 e. The Hall–Kier alpha value is -0.420. The molecule has 0 radical (unpaired) electrons. The molecule has 0 N–H and O–H groups in total. The van der Waals surface area contributed by atoms with Crippen molar-refractivity contribution in [1.82, 2.24) is 0 Å². The second kappa shape index (κ2) is 4.22. The molecule has 1 rings (SSSR count). The lowest BCUT2D eigenvalue weighted by Gasteiger charge is -2.15. The zero-order valence-corrected chi connectivity index (χ0v) is 10.4. The highest BCUT2D eigenvalue weighted by molar-refractivity contribution is 7.85. The molecule has 0 heterocycles. The van der Waals surface area contributed by atoms with E-state index in [9.17, 15) is 13.2 Å². The maximum absolute atomic E-state index is 11.8. The van der Waals surface area contributed by atoms with Gasteiger partial charge >= 0.3 is 0 Å². The minimum Gasteiger partial charge on any atom is -0.299 e. The molecular weight excluding hydrogens is 216 g/mol. The van der Waals surface area contributed by atoms with Crippen molar-refractivity contribution in [1.29, 1.82) is 0 Å². The lowest BCUT2D eigenvalue weighted by Crippen LogP contribution is -2.22. The van der Waals surface area contributed by atoms with Crippen LogP contribution in [-0.4, -0.2) is 27.1 Å². The predicted octanol–water partition coefficient (Wildman–Crippen LogP) is 1.07. The maximum atomic E-state index is 11.8. The number of Topliss-reactive ketones (excluding diaryl/α,β-unsaturated/α-hetero) is 1. The number of ketones is 1. The highest BCUT2D eigenvalue weighted by Crippen LogP contribution is 2.38. The minimum absolute atomic E-state index is 0.00644. The molecule has 4 atom stereocenters. The van der Waals surface area contributed by atoms with Gasteiger partial charge in [-0.25, -0.2) is 0 Å². The molecule has 5 heteroatoms. The van der Waals surface area contributed by atoms with E-state index in [-0.39, 0.29) is 30.1 Å². The van der Waals surface area contributed by atoms with E-state index in [1.165, 1.54) is 0 Å². The van der Waals surface area contributed by atoms with Gasteiger partial charge in [-0.15, -0.1) is 0 Å². The zero-order chi connectivity index (χ0) is 11.8. The lowest BCUT2D eigenvalue weighted by atomic mass is 9.91. The molecule has 0 aromatic rings. The van der Waals surface area contributed by atoms with Crippen molar-refractivity contribution in [2.75, 3.05) is 12.9 Å². The fourth-order valence-corrected chi connectivity index (χ4v) is 2.50. The Morgan fingerprint density at radius 3 is 2.07 bits per heavy atom. The highest BCUT2D eigenvalue weighted by Gasteiger charge is 2.43. The first-order valence-corrected chi connectivity index (χ1v) is 6.94. The van der Waals surface area contributed by atoms with E-state index in [2.05, 4.69) is 0 Å². The van der Waals surface area contributed by atoms with Crippen LogP contribution in [0.1, 0.15) is 20.8 Å². The monoisotopic (exact) mass is 234 g/mol. The SMILES string of the molecule is CC1C(=O)C(COS(C)(=O)=O)C(C)C1C. The fraction of sp³-hybridized carbons (Fsp3) is 0.900. The van der Waals surface area contributed by atoms with E-state index in [0.29, 0.717) is 5.92 Å². The van der Waals surface area contributed by atoms with Gasteiger partial charge in [-0.1, -0.05) is 20.8 Å². The first kappa shape index (κ1) is 12.6. The number of carbonyl (C=O) groups is 1. The Balaban J connectivity index is 2.67. The molecule has 0 aliphatic heterocycles. The van der Waals surface area contributed by atoms with Crippen LogP contribution in [0.15, 0.2) is 0 Å². The summed E-state index contributed by atoms with van der Waals surface area (Å²) in [7, 11) is -3.45. The molecule has 0 amide bonds. The molecule has 1 fully saturated rings. The van der Waals surface area contributed by atoms with Crippen molar-refractivity contribution in [2.24, 2.45) is 23.7 Å². The van der Waals surface area contributed by atoms with Gasteiger partial charge in [0.05, 0.1) is 12.9 Å². The third-order valence-corrected chi connectivity index (χ3v) is 4.09. The summed E-state index contributed by atoms with van der Waals surface area (Å²) in [4.78, 5) is 11.8. The Morgan fingerprint density at radius 2 is 1.73 bits per heavy atom. The molecule has 15 heavy (non-hydrogen) atoms. The summed E-state index contributed by atoms with van der Waals surface area (Å²) >= 11 is 0. The van der Waals surface area contributed by atoms with E-state index >= 15 is 0 Å². The third-order valence-electron chi connectivity index (χ3n) is 3.53. The van der Waals surface area contributed by atoms with Crippen LogP contribution in [0.5, 0.6) is 0 Å². The molecular formula is C10H18O4S. The van der Waals surface area contributed by atoms with Gasteiger partial charge in [-0.05, 0) is 11.8 Å². The van der Waals surface area contributed by atoms with Gasteiger partial charge in [0.2, 0.25) is 0 Å². The maximum Gasteiger partial charge on any atom is 0.264 e. The van der Waals surface area contributed by atoms with Crippen molar-refractivity contribution in [2.45, 2.75) is 20.8 Å². The Bertz CT molecular complexity index is 346. The van der Waals surface area contributed by atoms with Gasteiger partial charge < -0.3 is 0 Å². The Kier molecular flexibility index (Phi) is 3.55. The van der Waals surface area contributed by atoms with E-state index in [0.717, 1.165) is 6.26 Å². The number of hydrogen-bond donors (Lipinski definition) is 0. The Morgan fingerprint density at radius 1 is 1.20 bits per heavy atom. The molecule has 4 nitrogen and oxygen atoms in total. The molecule has 0 aromatic carbocycles. The molecule has 0 bridgehead atoms. The second-order valence-electron chi connectivity index (χ2n) is 4.50. The fourth-order valence-electron chi connectivity index (χ4n) is 2.11. The van der Waals surface area contributed by atoms with Gasteiger partial charge in [0.25, 0.3) is 10.1 Å². The molecule has 0 saturated heterocycles. The second-order valence-corrected chi connectivity index (χ2v) is 6.15. The van der Waals surface area contributed by atoms with Crippen LogP contribution in [0.3, 0.4) is 0 Å². The van der Waals surface area contributed by atoms with Crippen molar-refractivity contribution in [3.63, 3.8) is 0 Å². The van der Waals surface area contributed by atoms with Gasteiger partial charge in [0, 0.05) is 11.8 Å². The third kappa shape index (κ3) is 2.78. The summed E-state index contributed by atoms with van der Waals surface area (Å²) in [6.07, 6.45) is 1.00. The van der Waals surface area contributed by atoms with Crippen molar-refractivity contribution in [3.05, 3.63) is 0 Å². The summed E-state index contributed by atoms with van der Waals surface area (Å²) in [5.74, 6) is 0.344. The van der Waals surface area contributed by atoms with Crippen LogP contribution < -0.4 is 0 Å². The average Bonchev–Trinajstić information content (AvgIpc) is 2.28. The largest absolute Gasteiger partial charge is 0.299 e. The highest BCUT2D eigenvalue weighted by atomic mass is 32.2. The molecule has 88 valence electrons. The molecule has 0 spiro atoms. The zero-order valence-electron chi connectivity index (χ0n) is 9.56. The van der Waals surface area contributed by atoms with Crippen LogP contribution >= 0.6 is 0 Å². The summed E-state index contributed by atoms with van der Waals surface area (Å²) in [5.41, 5.74) is 0.